The molecule has 4 nitrogen and oxygen atoms in total. The molecule has 94 valence electrons. The van der Waals surface area contributed by atoms with Gasteiger partial charge in [0, 0.05) is 19.4 Å². The van der Waals surface area contributed by atoms with Gasteiger partial charge in [0.15, 0.2) is 0 Å². The lowest BCUT2D eigenvalue weighted by atomic mass is 10.1. The highest BCUT2D eigenvalue weighted by Crippen LogP contribution is 2.18. The van der Waals surface area contributed by atoms with E-state index in [0.29, 0.717) is 0 Å². The molecule has 2 atom stereocenters. The molecule has 0 saturated carbocycles. The second-order valence-corrected chi connectivity index (χ2v) is 4.30. The van der Waals surface area contributed by atoms with E-state index >= 15 is 0 Å². The molecule has 0 aromatic carbocycles. The van der Waals surface area contributed by atoms with E-state index in [2.05, 4.69) is 4.98 Å². The quantitative estimate of drug-likeness (QED) is 0.845. The third kappa shape index (κ3) is 3.53. The lowest BCUT2D eigenvalue weighted by molar-refractivity contribution is -0.133. The van der Waals surface area contributed by atoms with Crippen molar-refractivity contribution in [2.45, 2.75) is 38.8 Å². The number of rotatable bonds is 5. The largest absolute Gasteiger partial charge is 0.338 e. The van der Waals surface area contributed by atoms with Gasteiger partial charge in [-0.25, -0.2) is 0 Å². The fourth-order valence-corrected chi connectivity index (χ4v) is 1.75. The summed E-state index contributed by atoms with van der Waals surface area (Å²) < 4.78 is 0. The number of nitrogens with two attached hydrogens (primary N) is 1. The van der Waals surface area contributed by atoms with Gasteiger partial charge in [0.05, 0.1) is 12.1 Å². The molecule has 2 N–H and O–H groups in total. The Bertz CT molecular complexity index is 353. The molecule has 1 rings (SSSR count). The Morgan fingerprint density at radius 3 is 2.59 bits per heavy atom. The van der Waals surface area contributed by atoms with Crippen molar-refractivity contribution in [1.82, 2.24) is 9.88 Å². The monoisotopic (exact) mass is 235 g/mol. The van der Waals surface area contributed by atoms with E-state index in [1.807, 2.05) is 26.0 Å². The zero-order valence-electron chi connectivity index (χ0n) is 10.8. The lowest BCUT2D eigenvalue weighted by Crippen LogP contribution is -2.42. The van der Waals surface area contributed by atoms with Gasteiger partial charge in [-0.1, -0.05) is 13.3 Å². The number of pyridine rings is 1. The molecule has 1 amide bonds. The van der Waals surface area contributed by atoms with E-state index in [1.54, 1.807) is 24.3 Å². The first-order valence-corrected chi connectivity index (χ1v) is 6.00. The Balaban J connectivity index is 2.70. The van der Waals surface area contributed by atoms with Gasteiger partial charge in [-0.05, 0) is 31.0 Å². The molecule has 0 aliphatic rings. The van der Waals surface area contributed by atoms with Gasteiger partial charge < -0.3 is 10.6 Å². The molecule has 0 aliphatic carbocycles. The second-order valence-electron chi connectivity index (χ2n) is 4.30. The molecule has 2 unspecified atom stereocenters. The molecule has 1 heterocycles. The maximum atomic E-state index is 12.0. The van der Waals surface area contributed by atoms with Crippen LogP contribution >= 0.6 is 0 Å². The summed E-state index contributed by atoms with van der Waals surface area (Å²) in [5, 5.41) is 0. The first-order valence-electron chi connectivity index (χ1n) is 6.00. The summed E-state index contributed by atoms with van der Waals surface area (Å²) in [6.07, 6.45) is 5.11. The van der Waals surface area contributed by atoms with Gasteiger partial charge in [-0.2, -0.15) is 0 Å². The molecule has 4 heteroatoms. The molecule has 1 aromatic rings. The fourth-order valence-electron chi connectivity index (χ4n) is 1.75. The van der Waals surface area contributed by atoms with Crippen molar-refractivity contribution in [3.63, 3.8) is 0 Å². The van der Waals surface area contributed by atoms with Gasteiger partial charge in [0.2, 0.25) is 5.91 Å². The maximum Gasteiger partial charge on any atom is 0.239 e. The van der Waals surface area contributed by atoms with Crippen molar-refractivity contribution in [3.05, 3.63) is 30.1 Å². The molecule has 0 aliphatic heterocycles. The van der Waals surface area contributed by atoms with Crippen LogP contribution in [0, 0.1) is 0 Å². The van der Waals surface area contributed by atoms with Crippen LogP contribution in [-0.2, 0) is 4.79 Å². The van der Waals surface area contributed by atoms with Crippen LogP contribution in [0.15, 0.2) is 24.5 Å². The topological polar surface area (TPSA) is 59.2 Å². The highest BCUT2D eigenvalue weighted by Gasteiger charge is 2.22. The number of hydrogen-bond acceptors (Lipinski definition) is 3. The number of carbonyl (C=O) groups excluding carboxylic acids is 1. The molecule has 0 spiro atoms. The predicted octanol–water partition coefficient (Wildman–Crippen LogP) is 1.73. The molecule has 0 fully saturated rings. The minimum Gasteiger partial charge on any atom is -0.338 e. The third-order valence-electron chi connectivity index (χ3n) is 3.03. The zero-order chi connectivity index (χ0) is 12.8. The van der Waals surface area contributed by atoms with Gasteiger partial charge in [-0.15, -0.1) is 0 Å². The maximum absolute atomic E-state index is 12.0. The van der Waals surface area contributed by atoms with Crippen LogP contribution in [0.1, 0.15) is 38.3 Å². The summed E-state index contributed by atoms with van der Waals surface area (Å²) >= 11 is 0. The summed E-state index contributed by atoms with van der Waals surface area (Å²) in [6.45, 7) is 4.02. The van der Waals surface area contributed by atoms with E-state index < -0.39 is 6.04 Å². The normalized spacial score (nSPS) is 14.1. The summed E-state index contributed by atoms with van der Waals surface area (Å²) in [5.74, 6) is -0.00355. The van der Waals surface area contributed by atoms with Crippen LogP contribution in [0.5, 0.6) is 0 Å². The lowest BCUT2D eigenvalue weighted by Gasteiger charge is -2.27. The Morgan fingerprint density at radius 1 is 1.47 bits per heavy atom. The molecule has 0 saturated heterocycles. The van der Waals surface area contributed by atoms with Crippen molar-refractivity contribution in [3.8, 4) is 0 Å². The van der Waals surface area contributed by atoms with Gasteiger partial charge in [0.1, 0.15) is 0 Å². The number of likely N-dealkylation sites (N-methyl/N-ethyl adjacent to an activating group) is 1. The van der Waals surface area contributed by atoms with Gasteiger partial charge in [0.25, 0.3) is 0 Å². The van der Waals surface area contributed by atoms with E-state index in [4.69, 9.17) is 5.73 Å². The minimum atomic E-state index is -0.394. The van der Waals surface area contributed by atoms with E-state index in [-0.39, 0.29) is 11.9 Å². The number of nitrogens with zero attached hydrogens (tertiary/aromatic N) is 2. The molecule has 1 aromatic heterocycles. The Labute approximate surface area is 103 Å². The van der Waals surface area contributed by atoms with Gasteiger partial charge in [-0.3, -0.25) is 9.78 Å². The molecule has 0 bridgehead atoms. The highest BCUT2D eigenvalue weighted by atomic mass is 16.2. The van der Waals surface area contributed by atoms with Crippen LogP contribution in [-0.4, -0.2) is 28.9 Å². The summed E-state index contributed by atoms with van der Waals surface area (Å²) in [5.41, 5.74) is 6.91. The number of carbonyl (C=O) groups is 1. The van der Waals surface area contributed by atoms with Crippen LogP contribution in [0.2, 0.25) is 0 Å². The highest BCUT2D eigenvalue weighted by molar-refractivity contribution is 5.81. The van der Waals surface area contributed by atoms with Gasteiger partial charge >= 0.3 is 0 Å². The van der Waals surface area contributed by atoms with Crippen LogP contribution in [0.4, 0.5) is 0 Å². The van der Waals surface area contributed by atoms with E-state index in [9.17, 15) is 4.79 Å². The minimum absolute atomic E-state index is 0.00355. The molecule has 17 heavy (non-hydrogen) atoms. The predicted molar refractivity (Wildman–Crippen MR) is 68.3 cm³/mol. The fraction of sp³-hybridized carbons (Fsp3) is 0.538. The first-order chi connectivity index (χ1) is 8.07. The summed E-state index contributed by atoms with van der Waals surface area (Å²) in [7, 11) is 1.79. The van der Waals surface area contributed by atoms with Crippen LogP contribution < -0.4 is 5.73 Å². The third-order valence-corrected chi connectivity index (χ3v) is 3.03. The van der Waals surface area contributed by atoms with Crippen molar-refractivity contribution < 1.29 is 4.79 Å². The van der Waals surface area contributed by atoms with Crippen molar-refractivity contribution in [2.75, 3.05) is 7.05 Å². The average Bonchev–Trinajstić information content (AvgIpc) is 2.37. The molecular weight excluding hydrogens is 214 g/mol. The van der Waals surface area contributed by atoms with Crippen molar-refractivity contribution in [1.29, 1.82) is 0 Å². The number of amides is 1. The molecule has 0 radical (unpaired) electrons. The van der Waals surface area contributed by atoms with E-state index in [1.165, 1.54) is 0 Å². The van der Waals surface area contributed by atoms with E-state index in [0.717, 1.165) is 18.4 Å². The second kappa shape index (κ2) is 6.35. The number of aromatic nitrogens is 1. The Kier molecular flexibility index (Phi) is 5.10. The van der Waals surface area contributed by atoms with Crippen molar-refractivity contribution >= 4 is 5.91 Å². The molecular formula is C13H21N3O. The van der Waals surface area contributed by atoms with Crippen LogP contribution in [0.3, 0.4) is 0 Å². The number of hydrogen-bond donors (Lipinski definition) is 1. The first kappa shape index (κ1) is 13.6. The SMILES string of the molecule is CCCC(N)C(=O)N(C)C(C)c1ccncc1. The Morgan fingerprint density at radius 2 is 2.06 bits per heavy atom. The summed E-state index contributed by atoms with van der Waals surface area (Å²) in [6, 6.07) is 3.46. The van der Waals surface area contributed by atoms with Crippen molar-refractivity contribution in [2.24, 2.45) is 5.73 Å². The smallest absolute Gasteiger partial charge is 0.239 e. The standard InChI is InChI=1S/C13H21N3O/c1-4-5-12(14)13(17)16(3)10(2)11-6-8-15-9-7-11/h6-10,12H,4-5,14H2,1-3H3. The van der Waals surface area contributed by atoms with Crippen LogP contribution in [0.25, 0.3) is 0 Å². The Hall–Kier alpha value is -1.42. The zero-order valence-corrected chi connectivity index (χ0v) is 10.8. The average molecular weight is 235 g/mol. The summed E-state index contributed by atoms with van der Waals surface area (Å²) in [4.78, 5) is 17.7.